The number of nitrogens with one attached hydrogen (secondary N) is 1. The van der Waals surface area contributed by atoms with Crippen LogP contribution in [-0.4, -0.2) is 31.0 Å². The van der Waals surface area contributed by atoms with Crippen LogP contribution in [0.15, 0.2) is 10.3 Å². The molecule has 2 unspecified atom stereocenters. The molecular weight excluding hydrogens is 144 g/mol. The van der Waals surface area contributed by atoms with Gasteiger partial charge in [0.1, 0.15) is 6.04 Å². The molecule has 1 N–H and O–H groups in total. The summed E-state index contributed by atoms with van der Waals surface area (Å²) in [6.07, 6.45) is 2.47. The van der Waals surface area contributed by atoms with Gasteiger partial charge in [0, 0.05) is 0 Å². The maximum Gasteiger partial charge on any atom is 0.152 e. The second-order valence-electron chi connectivity index (χ2n) is 2.80. The highest BCUT2D eigenvalue weighted by Crippen LogP contribution is 2.22. The van der Waals surface area contributed by atoms with E-state index in [1.165, 1.54) is 11.6 Å². The summed E-state index contributed by atoms with van der Waals surface area (Å²) < 4.78 is 0. The van der Waals surface area contributed by atoms with Crippen molar-refractivity contribution in [3.63, 3.8) is 0 Å². The molecule has 0 aliphatic carbocycles. The van der Waals surface area contributed by atoms with Crippen molar-refractivity contribution in [3.8, 4) is 0 Å². The summed E-state index contributed by atoms with van der Waals surface area (Å²) in [6.45, 7) is 1.03. The van der Waals surface area contributed by atoms with Gasteiger partial charge in [-0.3, -0.25) is 10.2 Å². The van der Waals surface area contributed by atoms with Crippen molar-refractivity contribution < 1.29 is 4.84 Å². The van der Waals surface area contributed by atoms with E-state index in [0.29, 0.717) is 6.04 Å². The van der Waals surface area contributed by atoms with Gasteiger partial charge in [-0.15, -0.1) is 5.17 Å². The molecule has 11 heavy (non-hydrogen) atoms. The smallest absolute Gasteiger partial charge is 0.152 e. The zero-order valence-corrected chi connectivity index (χ0v) is 6.53. The van der Waals surface area contributed by atoms with Crippen LogP contribution in [-0.2, 0) is 4.84 Å². The fourth-order valence-corrected chi connectivity index (χ4v) is 1.52. The van der Waals surface area contributed by atoms with Gasteiger partial charge < -0.3 is 0 Å². The molecule has 2 atom stereocenters. The first-order chi connectivity index (χ1) is 5.42. The standard InChI is InChI=1S/C6H12N4O/c1-11-10-6-5(8-9-10)3-2-4-7-6/h5-7H,2-4H2,1H3. The zero-order valence-electron chi connectivity index (χ0n) is 6.53. The lowest BCUT2D eigenvalue weighted by atomic mass is 10.1. The van der Waals surface area contributed by atoms with E-state index >= 15 is 0 Å². The molecule has 2 aliphatic heterocycles. The van der Waals surface area contributed by atoms with Crippen LogP contribution >= 0.6 is 0 Å². The SMILES string of the molecule is CON1N=NC2CCCNC21. The minimum absolute atomic E-state index is 0.175. The maximum atomic E-state index is 4.99. The quantitative estimate of drug-likeness (QED) is 0.594. The molecule has 0 spiro atoms. The summed E-state index contributed by atoms with van der Waals surface area (Å²) in [7, 11) is 1.61. The molecule has 0 aromatic heterocycles. The summed E-state index contributed by atoms with van der Waals surface area (Å²) in [6, 6.07) is 0.295. The van der Waals surface area contributed by atoms with Crippen molar-refractivity contribution in [2.24, 2.45) is 10.3 Å². The van der Waals surface area contributed by atoms with Crippen molar-refractivity contribution in [1.82, 2.24) is 10.5 Å². The Morgan fingerprint density at radius 1 is 1.64 bits per heavy atom. The predicted molar refractivity (Wildman–Crippen MR) is 38.5 cm³/mol. The Morgan fingerprint density at radius 2 is 2.55 bits per heavy atom. The lowest BCUT2D eigenvalue weighted by Gasteiger charge is -2.27. The largest absolute Gasteiger partial charge is 0.292 e. The first-order valence-electron chi connectivity index (χ1n) is 3.89. The Morgan fingerprint density at radius 3 is 3.36 bits per heavy atom. The first-order valence-corrected chi connectivity index (χ1v) is 3.89. The van der Waals surface area contributed by atoms with Crippen molar-refractivity contribution in [2.75, 3.05) is 13.7 Å². The number of hydroxylamine groups is 1. The van der Waals surface area contributed by atoms with Crippen LogP contribution < -0.4 is 5.32 Å². The van der Waals surface area contributed by atoms with E-state index in [4.69, 9.17) is 4.84 Å². The molecule has 0 radical (unpaired) electrons. The van der Waals surface area contributed by atoms with E-state index in [1.54, 1.807) is 7.11 Å². The van der Waals surface area contributed by atoms with Gasteiger partial charge in [-0.05, 0) is 24.6 Å². The lowest BCUT2D eigenvalue weighted by molar-refractivity contribution is -0.164. The number of rotatable bonds is 1. The number of nitrogens with zero attached hydrogens (tertiary/aromatic N) is 3. The number of hydrogen-bond acceptors (Lipinski definition) is 5. The molecule has 2 heterocycles. The van der Waals surface area contributed by atoms with Gasteiger partial charge in [-0.2, -0.15) is 5.11 Å². The number of hydrogen-bond donors (Lipinski definition) is 1. The number of fused-ring (bicyclic) bond motifs is 1. The first kappa shape index (κ1) is 7.00. The monoisotopic (exact) mass is 156 g/mol. The van der Waals surface area contributed by atoms with E-state index < -0.39 is 0 Å². The highest BCUT2D eigenvalue weighted by molar-refractivity contribution is 4.85. The van der Waals surface area contributed by atoms with Gasteiger partial charge in [-0.1, -0.05) is 0 Å². The van der Waals surface area contributed by atoms with Crippen LogP contribution in [0.3, 0.4) is 0 Å². The molecule has 0 amide bonds. The van der Waals surface area contributed by atoms with E-state index in [-0.39, 0.29) is 6.17 Å². The van der Waals surface area contributed by atoms with Crippen molar-refractivity contribution in [3.05, 3.63) is 0 Å². The molecule has 1 fully saturated rings. The Kier molecular flexibility index (Phi) is 1.75. The summed E-state index contributed by atoms with van der Waals surface area (Å²) >= 11 is 0. The highest BCUT2D eigenvalue weighted by Gasteiger charge is 2.34. The molecule has 0 saturated carbocycles. The summed E-state index contributed by atoms with van der Waals surface area (Å²) in [5, 5.41) is 12.8. The summed E-state index contributed by atoms with van der Waals surface area (Å²) in [5.74, 6) is 0. The van der Waals surface area contributed by atoms with Gasteiger partial charge in [0.05, 0.1) is 7.11 Å². The molecular formula is C6H12N4O. The fourth-order valence-electron chi connectivity index (χ4n) is 1.52. The van der Waals surface area contributed by atoms with Crippen LogP contribution in [0, 0.1) is 0 Å². The fraction of sp³-hybridized carbons (Fsp3) is 1.00. The third-order valence-electron chi connectivity index (χ3n) is 2.11. The van der Waals surface area contributed by atoms with Gasteiger partial charge in [0.2, 0.25) is 0 Å². The zero-order chi connectivity index (χ0) is 7.68. The van der Waals surface area contributed by atoms with E-state index in [9.17, 15) is 0 Å². The summed E-state index contributed by atoms with van der Waals surface area (Å²) in [4.78, 5) is 4.99. The van der Waals surface area contributed by atoms with Gasteiger partial charge in [0.25, 0.3) is 0 Å². The minimum Gasteiger partial charge on any atom is -0.292 e. The van der Waals surface area contributed by atoms with Crippen molar-refractivity contribution in [2.45, 2.75) is 25.0 Å². The third-order valence-corrected chi connectivity index (χ3v) is 2.11. The predicted octanol–water partition coefficient (Wildman–Crippen LogP) is 0.309. The van der Waals surface area contributed by atoms with E-state index in [1.807, 2.05) is 0 Å². The van der Waals surface area contributed by atoms with Crippen LogP contribution in [0.25, 0.3) is 0 Å². The molecule has 5 nitrogen and oxygen atoms in total. The minimum atomic E-state index is 0.175. The van der Waals surface area contributed by atoms with Crippen molar-refractivity contribution >= 4 is 0 Å². The Bertz CT molecular complexity index is 164. The second-order valence-corrected chi connectivity index (χ2v) is 2.80. The molecule has 0 bridgehead atoms. The van der Waals surface area contributed by atoms with Crippen LogP contribution in [0.2, 0.25) is 0 Å². The van der Waals surface area contributed by atoms with Gasteiger partial charge in [0.15, 0.2) is 6.17 Å². The molecule has 1 saturated heterocycles. The van der Waals surface area contributed by atoms with E-state index in [2.05, 4.69) is 15.7 Å². The third kappa shape index (κ3) is 1.10. The van der Waals surface area contributed by atoms with E-state index in [0.717, 1.165) is 13.0 Å². The Balaban J connectivity index is 2.03. The molecule has 62 valence electrons. The maximum absolute atomic E-state index is 4.99. The van der Waals surface area contributed by atoms with Crippen LogP contribution in [0.1, 0.15) is 12.8 Å². The highest BCUT2D eigenvalue weighted by atomic mass is 16.7. The molecule has 2 rings (SSSR count). The topological polar surface area (TPSA) is 49.2 Å². The van der Waals surface area contributed by atoms with Gasteiger partial charge in [-0.25, -0.2) is 0 Å². The average Bonchev–Trinajstić information content (AvgIpc) is 2.47. The summed E-state index contributed by atoms with van der Waals surface area (Å²) in [5.41, 5.74) is 0. The van der Waals surface area contributed by atoms with Crippen LogP contribution in [0.5, 0.6) is 0 Å². The Hall–Kier alpha value is -0.680. The molecule has 0 aromatic rings. The molecule has 0 aromatic carbocycles. The van der Waals surface area contributed by atoms with Crippen LogP contribution in [0.4, 0.5) is 0 Å². The van der Waals surface area contributed by atoms with Crippen molar-refractivity contribution in [1.29, 1.82) is 0 Å². The lowest BCUT2D eigenvalue weighted by Crippen LogP contribution is -2.49. The molecule has 5 heteroatoms. The average molecular weight is 156 g/mol. The Labute approximate surface area is 65.3 Å². The second kappa shape index (κ2) is 2.75. The van der Waals surface area contributed by atoms with Gasteiger partial charge >= 0.3 is 0 Å². The number of piperidine rings is 1. The molecule has 2 aliphatic rings. The normalized spacial score (nSPS) is 35.9.